The zero-order valence-corrected chi connectivity index (χ0v) is 10.5. The van der Waals surface area contributed by atoms with Crippen molar-refractivity contribution in [2.45, 2.75) is 38.3 Å². The molecular weight excluding hydrogens is 216 g/mol. The standard InChI is InChI=1S/C12H20N4O/c1-12(2,13)11(17)15-8-4-10(5-9-15)16-7-3-6-14-16/h3,6-7,10H,4-5,8-9,13H2,1-2H3. The molecule has 2 heterocycles. The zero-order valence-electron chi connectivity index (χ0n) is 10.5. The number of hydrogen-bond acceptors (Lipinski definition) is 3. The molecule has 1 amide bonds. The molecule has 94 valence electrons. The van der Waals surface area contributed by atoms with Crippen molar-refractivity contribution in [3.05, 3.63) is 18.5 Å². The van der Waals surface area contributed by atoms with Crippen LogP contribution in [0.5, 0.6) is 0 Å². The third-order valence-corrected chi connectivity index (χ3v) is 3.20. The van der Waals surface area contributed by atoms with Gasteiger partial charge in [-0.05, 0) is 32.8 Å². The van der Waals surface area contributed by atoms with Crippen LogP contribution < -0.4 is 5.73 Å². The normalized spacial score (nSPS) is 18.4. The maximum atomic E-state index is 12.0. The number of aromatic nitrogens is 2. The van der Waals surface area contributed by atoms with Crippen molar-refractivity contribution in [1.82, 2.24) is 14.7 Å². The number of amides is 1. The molecule has 1 fully saturated rings. The highest BCUT2D eigenvalue weighted by atomic mass is 16.2. The van der Waals surface area contributed by atoms with E-state index in [1.54, 1.807) is 20.0 Å². The van der Waals surface area contributed by atoms with Crippen LogP contribution in [0.25, 0.3) is 0 Å². The van der Waals surface area contributed by atoms with Crippen molar-refractivity contribution in [2.24, 2.45) is 5.73 Å². The number of hydrogen-bond donors (Lipinski definition) is 1. The molecule has 0 atom stereocenters. The Bertz CT molecular complexity index is 372. The molecule has 2 N–H and O–H groups in total. The molecule has 1 aromatic heterocycles. The minimum Gasteiger partial charge on any atom is -0.341 e. The minimum absolute atomic E-state index is 0.0383. The number of carbonyl (C=O) groups is 1. The van der Waals surface area contributed by atoms with Gasteiger partial charge in [-0.3, -0.25) is 9.48 Å². The fourth-order valence-electron chi connectivity index (χ4n) is 2.24. The van der Waals surface area contributed by atoms with Crippen LogP contribution in [0.3, 0.4) is 0 Å². The molecule has 5 heteroatoms. The Morgan fingerprint density at radius 3 is 2.53 bits per heavy atom. The summed E-state index contributed by atoms with van der Waals surface area (Å²) in [6.07, 6.45) is 5.67. The molecule has 17 heavy (non-hydrogen) atoms. The number of nitrogens with two attached hydrogens (primary N) is 1. The van der Waals surface area contributed by atoms with Crippen LogP contribution in [0.15, 0.2) is 18.5 Å². The van der Waals surface area contributed by atoms with Crippen LogP contribution in [-0.2, 0) is 4.79 Å². The van der Waals surface area contributed by atoms with Gasteiger partial charge in [0.25, 0.3) is 0 Å². The summed E-state index contributed by atoms with van der Waals surface area (Å²) >= 11 is 0. The van der Waals surface area contributed by atoms with Crippen LogP contribution in [0, 0.1) is 0 Å². The van der Waals surface area contributed by atoms with E-state index in [0.717, 1.165) is 25.9 Å². The van der Waals surface area contributed by atoms with E-state index in [9.17, 15) is 4.79 Å². The molecular formula is C12H20N4O. The quantitative estimate of drug-likeness (QED) is 0.825. The summed E-state index contributed by atoms with van der Waals surface area (Å²) < 4.78 is 1.98. The summed E-state index contributed by atoms with van der Waals surface area (Å²) in [5.41, 5.74) is 5.06. The fourth-order valence-corrected chi connectivity index (χ4v) is 2.24. The smallest absolute Gasteiger partial charge is 0.242 e. The predicted octanol–water partition coefficient (Wildman–Crippen LogP) is 0.784. The van der Waals surface area contributed by atoms with Gasteiger partial charge in [-0.1, -0.05) is 0 Å². The lowest BCUT2D eigenvalue weighted by atomic mass is 10.0. The molecule has 1 aromatic rings. The summed E-state index contributed by atoms with van der Waals surface area (Å²) in [7, 11) is 0. The van der Waals surface area contributed by atoms with Gasteiger partial charge in [-0.2, -0.15) is 5.10 Å². The molecule has 0 bridgehead atoms. The maximum absolute atomic E-state index is 12.0. The molecule has 0 aromatic carbocycles. The lowest BCUT2D eigenvalue weighted by Gasteiger charge is -2.35. The Labute approximate surface area is 102 Å². The number of piperidine rings is 1. The van der Waals surface area contributed by atoms with Crippen LogP contribution in [-0.4, -0.2) is 39.2 Å². The van der Waals surface area contributed by atoms with Gasteiger partial charge in [0.15, 0.2) is 0 Å². The molecule has 1 saturated heterocycles. The van der Waals surface area contributed by atoms with Gasteiger partial charge in [0.1, 0.15) is 0 Å². The second-order valence-electron chi connectivity index (χ2n) is 5.23. The van der Waals surface area contributed by atoms with Gasteiger partial charge in [0.2, 0.25) is 5.91 Å². The highest BCUT2D eigenvalue weighted by molar-refractivity contribution is 5.85. The number of nitrogens with zero attached hydrogens (tertiary/aromatic N) is 3. The maximum Gasteiger partial charge on any atom is 0.242 e. The van der Waals surface area contributed by atoms with Gasteiger partial charge >= 0.3 is 0 Å². The Morgan fingerprint density at radius 1 is 1.41 bits per heavy atom. The summed E-state index contributed by atoms with van der Waals surface area (Å²) in [4.78, 5) is 13.9. The van der Waals surface area contributed by atoms with Crippen molar-refractivity contribution in [3.63, 3.8) is 0 Å². The van der Waals surface area contributed by atoms with Crippen molar-refractivity contribution in [1.29, 1.82) is 0 Å². The summed E-state index contributed by atoms with van der Waals surface area (Å²) in [6.45, 7) is 5.05. The van der Waals surface area contributed by atoms with Gasteiger partial charge in [0, 0.05) is 25.5 Å². The van der Waals surface area contributed by atoms with Gasteiger partial charge < -0.3 is 10.6 Å². The van der Waals surface area contributed by atoms with E-state index in [1.807, 2.05) is 21.8 Å². The van der Waals surface area contributed by atoms with E-state index in [-0.39, 0.29) is 5.91 Å². The van der Waals surface area contributed by atoms with Crippen molar-refractivity contribution < 1.29 is 4.79 Å². The fraction of sp³-hybridized carbons (Fsp3) is 0.667. The monoisotopic (exact) mass is 236 g/mol. The average Bonchev–Trinajstić information content (AvgIpc) is 2.80. The van der Waals surface area contributed by atoms with Gasteiger partial charge in [-0.15, -0.1) is 0 Å². The van der Waals surface area contributed by atoms with Gasteiger partial charge in [-0.25, -0.2) is 0 Å². The SMILES string of the molecule is CC(C)(N)C(=O)N1CCC(n2cccn2)CC1. The second-order valence-corrected chi connectivity index (χ2v) is 5.23. The van der Waals surface area contributed by atoms with Crippen LogP contribution >= 0.6 is 0 Å². The molecule has 2 rings (SSSR count). The lowest BCUT2D eigenvalue weighted by Crippen LogP contribution is -2.53. The Morgan fingerprint density at radius 2 is 2.06 bits per heavy atom. The largest absolute Gasteiger partial charge is 0.341 e. The van der Waals surface area contributed by atoms with Crippen LogP contribution in [0.2, 0.25) is 0 Å². The van der Waals surface area contributed by atoms with Gasteiger partial charge in [0.05, 0.1) is 11.6 Å². The Hall–Kier alpha value is -1.36. The third kappa shape index (κ3) is 2.66. The first-order valence-corrected chi connectivity index (χ1v) is 6.06. The third-order valence-electron chi connectivity index (χ3n) is 3.20. The average molecular weight is 236 g/mol. The summed E-state index contributed by atoms with van der Waals surface area (Å²) in [5.74, 6) is 0.0383. The summed E-state index contributed by atoms with van der Waals surface area (Å²) in [6, 6.07) is 2.34. The van der Waals surface area contributed by atoms with E-state index >= 15 is 0 Å². The highest BCUT2D eigenvalue weighted by Crippen LogP contribution is 2.22. The molecule has 1 aliphatic rings. The van der Waals surface area contributed by atoms with Crippen molar-refractivity contribution in [3.8, 4) is 0 Å². The number of carbonyl (C=O) groups excluding carboxylic acids is 1. The van der Waals surface area contributed by atoms with E-state index < -0.39 is 5.54 Å². The Balaban J connectivity index is 1.93. The first-order chi connectivity index (χ1) is 7.98. The van der Waals surface area contributed by atoms with E-state index in [1.165, 1.54) is 0 Å². The minimum atomic E-state index is -0.765. The molecule has 0 aliphatic carbocycles. The molecule has 1 aliphatic heterocycles. The van der Waals surface area contributed by atoms with Crippen molar-refractivity contribution >= 4 is 5.91 Å². The second kappa shape index (κ2) is 4.49. The first-order valence-electron chi connectivity index (χ1n) is 6.06. The first kappa shape index (κ1) is 12.1. The van der Waals surface area contributed by atoms with Crippen LogP contribution in [0.1, 0.15) is 32.7 Å². The molecule has 5 nitrogen and oxygen atoms in total. The topological polar surface area (TPSA) is 64.2 Å². The summed E-state index contributed by atoms with van der Waals surface area (Å²) in [5, 5.41) is 4.25. The zero-order chi connectivity index (χ0) is 12.5. The van der Waals surface area contributed by atoms with Crippen molar-refractivity contribution in [2.75, 3.05) is 13.1 Å². The van der Waals surface area contributed by atoms with E-state index in [4.69, 9.17) is 5.73 Å². The molecule has 0 radical (unpaired) electrons. The number of likely N-dealkylation sites (tertiary alicyclic amines) is 1. The molecule has 0 saturated carbocycles. The highest BCUT2D eigenvalue weighted by Gasteiger charge is 2.31. The molecule has 0 unspecified atom stereocenters. The Kier molecular flexibility index (Phi) is 3.19. The molecule has 0 spiro atoms. The lowest BCUT2D eigenvalue weighted by molar-refractivity contribution is -0.137. The van der Waals surface area contributed by atoms with E-state index in [0.29, 0.717) is 6.04 Å². The van der Waals surface area contributed by atoms with Crippen LogP contribution in [0.4, 0.5) is 0 Å². The predicted molar refractivity (Wildman–Crippen MR) is 65.3 cm³/mol. The van der Waals surface area contributed by atoms with E-state index in [2.05, 4.69) is 5.10 Å². The number of rotatable bonds is 2.